The summed E-state index contributed by atoms with van der Waals surface area (Å²) in [5, 5.41) is 3.10. The van der Waals surface area contributed by atoms with Crippen molar-refractivity contribution in [2.24, 2.45) is 11.3 Å². The van der Waals surface area contributed by atoms with E-state index in [1.165, 1.54) is 0 Å². The van der Waals surface area contributed by atoms with E-state index in [1.807, 2.05) is 20.9 Å². The van der Waals surface area contributed by atoms with Crippen LogP contribution in [0.2, 0.25) is 0 Å². The fourth-order valence-corrected chi connectivity index (χ4v) is 3.21. The van der Waals surface area contributed by atoms with Gasteiger partial charge < -0.3 is 15.0 Å². The highest BCUT2D eigenvalue weighted by atomic mass is 16.5. The average Bonchev–Trinajstić information content (AvgIpc) is 2.40. The van der Waals surface area contributed by atoms with Gasteiger partial charge in [0.2, 0.25) is 5.91 Å². The molecule has 1 amide bonds. The van der Waals surface area contributed by atoms with E-state index in [0.29, 0.717) is 6.04 Å². The number of hydrogen-bond donors (Lipinski definition) is 1. The molecule has 0 heterocycles. The molecule has 1 aliphatic rings. The van der Waals surface area contributed by atoms with E-state index < -0.39 is 0 Å². The number of amides is 1. The van der Waals surface area contributed by atoms with Crippen molar-refractivity contribution < 1.29 is 9.53 Å². The number of rotatable bonds is 8. The maximum absolute atomic E-state index is 12.7. The van der Waals surface area contributed by atoms with E-state index in [9.17, 15) is 4.79 Å². The van der Waals surface area contributed by atoms with Crippen molar-refractivity contribution in [3.63, 3.8) is 0 Å². The van der Waals surface area contributed by atoms with E-state index in [0.717, 1.165) is 32.5 Å². The predicted octanol–water partition coefficient (Wildman–Crippen LogP) is 2.28. The van der Waals surface area contributed by atoms with E-state index >= 15 is 0 Å². The summed E-state index contributed by atoms with van der Waals surface area (Å²) >= 11 is 0. The van der Waals surface area contributed by atoms with Gasteiger partial charge in [0.1, 0.15) is 0 Å². The van der Waals surface area contributed by atoms with E-state index in [-0.39, 0.29) is 23.3 Å². The summed E-state index contributed by atoms with van der Waals surface area (Å²) in [5.74, 6) is 0.308. The van der Waals surface area contributed by atoms with Crippen LogP contribution in [0.5, 0.6) is 0 Å². The maximum Gasteiger partial charge on any atom is 0.226 e. The third-order valence-electron chi connectivity index (χ3n) is 4.55. The van der Waals surface area contributed by atoms with Crippen LogP contribution in [-0.2, 0) is 9.53 Å². The molecule has 20 heavy (non-hydrogen) atoms. The molecule has 3 atom stereocenters. The van der Waals surface area contributed by atoms with Crippen LogP contribution >= 0.6 is 0 Å². The normalized spacial score (nSPS) is 25.9. The fourth-order valence-electron chi connectivity index (χ4n) is 3.21. The lowest BCUT2D eigenvalue weighted by molar-refractivity contribution is -0.169. The number of nitrogens with zero attached hydrogens (tertiary/aromatic N) is 1. The number of carbonyl (C=O) groups is 1. The van der Waals surface area contributed by atoms with Crippen molar-refractivity contribution in [3.05, 3.63) is 0 Å². The third-order valence-corrected chi connectivity index (χ3v) is 4.55. The van der Waals surface area contributed by atoms with Gasteiger partial charge in [-0.1, -0.05) is 27.7 Å². The van der Waals surface area contributed by atoms with Crippen molar-refractivity contribution in [2.45, 2.75) is 59.6 Å². The zero-order valence-electron chi connectivity index (χ0n) is 14.0. The van der Waals surface area contributed by atoms with Gasteiger partial charge in [-0.3, -0.25) is 4.79 Å². The minimum Gasteiger partial charge on any atom is -0.378 e. The Kier molecular flexibility index (Phi) is 6.46. The van der Waals surface area contributed by atoms with Gasteiger partial charge in [-0.15, -0.1) is 0 Å². The van der Waals surface area contributed by atoms with Gasteiger partial charge >= 0.3 is 0 Å². The molecule has 0 aromatic heterocycles. The van der Waals surface area contributed by atoms with Crippen LogP contribution in [0.3, 0.4) is 0 Å². The maximum atomic E-state index is 12.7. The molecule has 1 rings (SSSR count). The van der Waals surface area contributed by atoms with Gasteiger partial charge in [0.15, 0.2) is 0 Å². The molecule has 0 spiro atoms. The van der Waals surface area contributed by atoms with Crippen LogP contribution in [0.25, 0.3) is 0 Å². The van der Waals surface area contributed by atoms with Crippen LogP contribution in [-0.4, -0.2) is 49.7 Å². The lowest BCUT2D eigenvalue weighted by Crippen LogP contribution is -2.64. The molecule has 0 aromatic carbocycles. The first-order chi connectivity index (χ1) is 9.39. The highest BCUT2D eigenvalue weighted by Crippen LogP contribution is 2.46. The molecule has 1 aliphatic carbocycles. The molecule has 0 aromatic rings. The minimum absolute atomic E-state index is 0.0356. The van der Waals surface area contributed by atoms with Crippen molar-refractivity contribution in [1.29, 1.82) is 0 Å². The molecular weight excluding hydrogens is 252 g/mol. The first-order valence-electron chi connectivity index (χ1n) is 7.96. The standard InChI is InChI=1S/C16H32N2O2/c1-7-9-18(15(19)12(3)11-17-6)13-10-14(20-8-2)16(13,4)5/h12-14,17H,7-11H2,1-6H3. The smallest absolute Gasteiger partial charge is 0.226 e. The first kappa shape index (κ1) is 17.4. The van der Waals surface area contributed by atoms with Crippen molar-refractivity contribution in [1.82, 2.24) is 10.2 Å². The van der Waals surface area contributed by atoms with Gasteiger partial charge in [0, 0.05) is 37.1 Å². The Balaban J connectivity index is 2.75. The monoisotopic (exact) mass is 284 g/mol. The Hall–Kier alpha value is -0.610. The van der Waals surface area contributed by atoms with Crippen molar-refractivity contribution >= 4 is 5.91 Å². The highest BCUT2D eigenvalue weighted by molar-refractivity contribution is 5.79. The quantitative estimate of drug-likeness (QED) is 0.743. The zero-order chi connectivity index (χ0) is 15.3. The molecule has 1 N–H and O–H groups in total. The third kappa shape index (κ3) is 3.53. The summed E-state index contributed by atoms with van der Waals surface area (Å²) in [6.07, 6.45) is 2.26. The second kappa shape index (κ2) is 7.41. The summed E-state index contributed by atoms with van der Waals surface area (Å²) in [4.78, 5) is 14.7. The summed E-state index contributed by atoms with van der Waals surface area (Å²) < 4.78 is 5.79. The zero-order valence-corrected chi connectivity index (χ0v) is 14.0. The van der Waals surface area contributed by atoms with Crippen LogP contribution < -0.4 is 5.32 Å². The Labute approximate surface area is 124 Å². The number of ether oxygens (including phenoxy) is 1. The second-order valence-corrected chi connectivity index (χ2v) is 6.51. The van der Waals surface area contributed by atoms with Gasteiger partial charge in [0.05, 0.1) is 6.10 Å². The largest absolute Gasteiger partial charge is 0.378 e. The Bertz CT molecular complexity index is 318. The Morgan fingerprint density at radius 2 is 2.10 bits per heavy atom. The van der Waals surface area contributed by atoms with Crippen LogP contribution in [0.1, 0.15) is 47.5 Å². The van der Waals surface area contributed by atoms with E-state index in [4.69, 9.17) is 4.74 Å². The number of nitrogens with one attached hydrogen (secondary N) is 1. The van der Waals surface area contributed by atoms with Gasteiger partial charge in [-0.05, 0) is 26.8 Å². The van der Waals surface area contributed by atoms with Crippen LogP contribution in [0.4, 0.5) is 0 Å². The summed E-state index contributed by atoms with van der Waals surface area (Å²) in [5.41, 5.74) is 0.0558. The number of hydrogen-bond acceptors (Lipinski definition) is 3. The molecule has 0 radical (unpaired) electrons. The van der Waals surface area contributed by atoms with Gasteiger partial charge in [0.25, 0.3) is 0 Å². The molecule has 4 nitrogen and oxygen atoms in total. The minimum atomic E-state index is 0.0356. The molecule has 0 bridgehead atoms. The van der Waals surface area contributed by atoms with E-state index in [1.54, 1.807) is 0 Å². The first-order valence-corrected chi connectivity index (χ1v) is 7.96. The summed E-state index contributed by atoms with van der Waals surface area (Å²) in [6, 6.07) is 0.311. The summed E-state index contributed by atoms with van der Waals surface area (Å²) in [7, 11) is 1.90. The molecule has 4 heteroatoms. The molecule has 1 fully saturated rings. The lowest BCUT2D eigenvalue weighted by Gasteiger charge is -2.56. The van der Waals surface area contributed by atoms with Crippen LogP contribution in [0.15, 0.2) is 0 Å². The average molecular weight is 284 g/mol. The van der Waals surface area contributed by atoms with E-state index in [2.05, 4.69) is 31.0 Å². The van der Waals surface area contributed by atoms with Crippen LogP contribution in [0, 0.1) is 11.3 Å². The van der Waals surface area contributed by atoms with Crippen molar-refractivity contribution in [3.8, 4) is 0 Å². The Morgan fingerprint density at radius 1 is 1.45 bits per heavy atom. The molecule has 3 unspecified atom stereocenters. The Morgan fingerprint density at radius 3 is 2.55 bits per heavy atom. The van der Waals surface area contributed by atoms with Gasteiger partial charge in [-0.25, -0.2) is 0 Å². The fraction of sp³-hybridized carbons (Fsp3) is 0.938. The van der Waals surface area contributed by atoms with Crippen molar-refractivity contribution in [2.75, 3.05) is 26.7 Å². The number of carbonyl (C=O) groups excluding carboxylic acids is 1. The molecule has 0 aliphatic heterocycles. The second-order valence-electron chi connectivity index (χ2n) is 6.51. The molecular formula is C16H32N2O2. The molecule has 1 saturated carbocycles. The lowest BCUT2D eigenvalue weighted by atomic mass is 9.63. The molecule has 0 saturated heterocycles. The molecule has 118 valence electrons. The predicted molar refractivity (Wildman–Crippen MR) is 82.7 cm³/mol. The van der Waals surface area contributed by atoms with Gasteiger partial charge in [-0.2, -0.15) is 0 Å². The summed E-state index contributed by atoms with van der Waals surface area (Å²) in [6.45, 7) is 13.0. The topological polar surface area (TPSA) is 41.6 Å². The highest BCUT2D eigenvalue weighted by Gasteiger charge is 2.52. The SMILES string of the molecule is CCCN(C(=O)C(C)CNC)C1CC(OCC)C1(C)C.